The maximum Gasteiger partial charge on any atom is 0.355 e. The van der Waals surface area contributed by atoms with Crippen LogP contribution in [0.15, 0.2) is 58.9 Å². The van der Waals surface area contributed by atoms with Crippen LogP contribution in [0.1, 0.15) is 32.4 Å². The molecule has 3 aromatic heterocycles. The summed E-state index contributed by atoms with van der Waals surface area (Å²) in [5, 5.41) is 0.783. The number of piperazine rings is 1. The number of aromatic nitrogens is 4. The SMILES string of the molecule is C=CC(=O)N1CCN(c2nc(=O)n(-c3c(SC)ccnc3C(C)C)c3nc(-c4c(F)cccc4Cl)c(Cl)cc23)[C@@H](C)C1. The zero-order valence-corrected chi connectivity index (χ0v) is 25.9. The van der Waals surface area contributed by atoms with Crippen LogP contribution in [-0.2, 0) is 4.79 Å². The monoisotopic (exact) mass is 626 g/mol. The highest BCUT2D eigenvalue weighted by Gasteiger charge is 2.31. The van der Waals surface area contributed by atoms with Crippen LogP contribution in [0.2, 0.25) is 10.0 Å². The molecule has 1 aliphatic heterocycles. The van der Waals surface area contributed by atoms with Crippen LogP contribution in [0.25, 0.3) is 28.0 Å². The lowest BCUT2D eigenvalue weighted by molar-refractivity contribution is -0.126. The molecule has 1 atom stereocenters. The Hall–Kier alpha value is -3.47. The van der Waals surface area contributed by atoms with Gasteiger partial charge in [0, 0.05) is 36.8 Å². The second kappa shape index (κ2) is 12.0. The first kappa shape index (κ1) is 30.0. The first-order chi connectivity index (χ1) is 20.1. The van der Waals surface area contributed by atoms with E-state index in [0.29, 0.717) is 42.2 Å². The molecule has 0 aliphatic carbocycles. The minimum Gasteiger partial charge on any atom is -0.350 e. The third-order valence-corrected chi connectivity index (χ3v) is 8.67. The van der Waals surface area contributed by atoms with E-state index in [0.717, 1.165) is 4.90 Å². The summed E-state index contributed by atoms with van der Waals surface area (Å²) >= 11 is 14.7. The quantitative estimate of drug-likeness (QED) is 0.182. The van der Waals surface area contributed by atoms with E-state index in [9.17, 15) is 9.59 Å². The number of thioether (sulfide) groups is 1. The summed E-state index contributed by atoms with van der Waals surface area (Å²) in [6.07, 6.45) is 4.92. The molecule has 1 amide bonds. The van der Waals surface area contributed by atoms with Crippen molar-refractivity contribution in [3.63, 3.8) is 0 Å². The molecule has 0 bridgehead atoms. The Morgan fingerprint density at radius 3 is 2.60 bits per heavy atom. The average molecular weight is 628 g/mol. The number of benzene rings is 1. The molecule has 218 valence electrons. The Labute approximate surface area is 257 Å². The summed E-state index contributed by atoms with van der Waals surface area (Å²) in [7, 11) is 0. The fraction of sp³-hybridized carbons (Fsp3) is 0.300. The Morgan fingerprint density at radius 2 is 1.95 bits per heavy atom. The molecule has 0 unspecified atom stereocenters. The number of hydrogen-bond acceptors (Lipinski definition) is 7. The number of amides is 1. The molecule has 1 aromatic carbocycles. The van der Waals surface area contributed by atoms with Crippen LogP contribution < -0.4 is 10.6 Å². The Balaban J connectivity index is 1.85. The van der Waals surface area contributed by atoms with Gasteiger partial charge in [-0.3, -0.25) is 9.78 Å². The number of nitrogens with zero attached hydrogens (tertiary/aromatic N) is 6. The lowest BCUT2D eigenvalue weighted by Gasteiger charge is -2.40. The molecular weight excluding hydrogens is 598 g/mol. The van der Waals surface area contributed by atoms with Gasteiger partial charge < -0.3 is 9.80 Å². The molecule has 0 saturated carbocycles. The third kappa shape index (κ3) is 5.27. The van der Waals surface area contributed by atoms with E-state index < -0.39 is 11.5 Å². The zero-order chi connectivity index (χ0) is 30.3. The van der Waals surface area contributed by atoms with Crippen molar-refractivity contribution in [1.82, 2.24) is 24.4 Å². The van der Waals surface area contributed by atoms with Crippen molar-refractivity contribution in [3.8, 4) is 16.9 Å². The van der Waals surface area contributed by atoms with Crippen LogP contribution in [-0.4, -0.2) is 62.3 Å². The molecule has 42 heavy (non-hydrogen) atoms. The van der Waals surface area contributed by atoms with Gasteiger partial charge in [0.25, 0.3) is 0 Å². The summed E-state index contributed by atoms with van der Waals surface area (Å²) in [6, 6.07) is 7.65. The van der Waals surface area contributed by atoms with E-state index in [-0.39, 0.29) is 44.8 Å². The number of hydrogen-bond donors (Lipinski definition) is 0. The van der Waals surface area contributed by atoms with E-state index in [4.69, 9.17) is 28.2 Å². The number of halogens is 3. The number of carbonyl (C=O) groups excluding carboxylic acids is 1. The van der Waals surface area contributed by atoms with Crippen molar-refractivity contribution in [1.29, 1.82) is 0 Å². The smallest absolute Gasteiger partial charge is 0.350 e. The summed E-state index contributed by atoms with van der Waals surface area (Å²) in [6.45, 7) is 10.8. The molecule has 0 N–H and O–H groups in total. The Morgan fingerprint density at radius 1 is 1.19 bits per heavy atom. The zero-order valence-electron chi connectivity index (χ0n) is 23.6. The molecule has 4 aromatic rings. The minimum atomic E-state index is -0.592. The third-order valence-electron chi connectivity index (χ3n) is 7.29. The minimum absolute atomic E-state index is 0.0305. The summed E-state index contributed by atoms with van der Waals surface area (Å²) in [4.78, 5) is 44.8. The van der Waals surface area contributed by atoms with E-state index >= 15 is 4.39 Å². The van der Waals surface area contributed by atoms with Gasteiger partial charge in [-0.25, -0.2) is 18.7 Å². The lowest BCUT2D eigenvalue weighted by atomic mass is 10.1. The van der Waals surface area contributed by atoms with Crippen LogP contribution in [0.3, 0.4) is 0 Å². The van der Waals surface area contributed by atoms with E-state index in [2.05, 4.69) is 16.5 Å². The van der Waals surface area contributed by atoms with Gasteiger partial charge in [0.2, 0.25) is 5.91 Å². The molecule has 12 heteroatoms. The highest BCUT2D eigenvalue weighted by atomic mass is 35.5. The highest BCUT2D eigenvalue weighted by Crippen LogP contribution is 2.39. The first-order valence-corrected chi connectivity index (χ1v) is 15.3. The maximum absolute atomic E-state index is 15.1. The van der Waals surface area contributed by atoms with Gasteiger partial charge >= 0.3 is 5.69 Å². The standard InChI is InChI=1S/C30H29Cl2FN6O2S/c1-6-23(40)37-12-13-38(17(4)15-37)28-18-14-20(32)26(24-19(31)8-7-9-21(24)33)35-29(18)39(30(41)36-28)27-22(42-5)10-11-34-25(27)16(2)3/h6-11,14,16-17H,1,12-13,15H2,2-5H3/t17-/m0/s1. The van der Waals surface area contributed by atoms with Crippen molar-refractivity contribution in [2.75, 3.05) is 30.8 Å². The molecule has 1 aliphatic rings. The predicted molar refractivity (Wildman–Crippen MR) is 168 cm³/mol. The van der Waals surface area contributed by atoms with E-state index in [1.54, 1.807) is 23.2 Å². The van der Waals surface area contributed by atoms with Crippen molar-refractivity contribution in [3.05, 3.63) is 81.2 Å². The van der Waals surface area contributed by atoms with Gasteiger partial charge in [-0.1, -0.05) is 49.7 Å². The Kier molecular flexibility index (Phi) is 8.59. The van der Waals surface area contributed by atoms with Crippen molar-refractivity contribution in [2.45, 2.75) is 37.6 Å². The largest absolute Gasteiger partial charge is 0.355 e. The van der Waals surface area contributed by atoms with Crippen molar-refractivity contribution in [2.24, 2.45) is 0 Å². The fourth-order valence-electron chi connectivity index (χ4n) is 5.29. The molecule has 0 radical (unpaired) electrons. The summed E-state index contributed by atoms with van der Waals surface area (Å²) in [5.74, 6) is -0.402. The molecule has 5 rings (SSSR count). The molecule has 0 spiro atoms. The number of rotatable bonds is 6. The fourth-order valence-corrected chi connectivity index (χ4v) is 6.38. The Bertz CT molecular complexity index is 1760. The number of anilines is 1. The predicted octanol–water partition coefficient (Wildman–Crippen LogP) is 6.36. The van der Waals surface area contributed by atoms with Gasteiger partial charge in [-0.05, 0) is 49.4 Å². The maximum atomic E-state index is 15.1. The van der Waals surface area contributed by atoms with E-state index in [1.807, 2.05) is 38.0 Å². The molecule has 8 nitrogen and oxygen atoms in total. The van der Waals surface area contributed by atoms with Gasteiger partial charge in [0.05, 0.1) is 38.1 Å². The topological polar surface area (TPSA) is 84.2 Å². The number of pyridine rings is 2. The highest BCUT2D eigenvalue weighted by molar-refractivity contribution is 7.98. The molecular formula is C30H29Cl2FN6O2S. The van der Waals surface area contributed by atoms with Crippen LogP contribution in [0.5, 0.6) is 0 Å². The number of fused-ring (bicyclic) bond motifs is 1. The van der Waals surface area contributed by atoms with Crippen LogP contribution in [0.4, 0.5) is 10.2 Å². The molecule has 1 fully saturated rings. The van der Waals surface area contributed by atoms with Gasteiger partial charge in [0.15, 0.2) is 5.65 Å². The van der Waals surface area contributed by atoms with Crippen LogP contribution in [0, 0.1) is 5.82 Å². The average Bonchev–Trinajstić information content (AvgIpc) is 2.96. The summed E-state index contributed by atoms with van der Waals surface area (Å²) in [5.41, 5.74) is 1.06. The van der Waals surface area contributed by atoms with E-state index in [1.165, 1.54) is 34.5 Å². The van der Waals surface area contributed by atoms with Gasteiger partial charge in [-0.15, -0.1) is 11.8 Å². The van der Waals surface area contributed by atoms with Crippen LogP contribution >= 0.6 is 35.0 Å². The normalized spacial score (nSPS) is 15.5. The second-order valence-electron chi connectivity index (χ2n) is 10.3. The molecule has 1 saturated heterocycles. The number of carbonyl (C=O) groups is 1. The summed E-state index contributed by atoms with van der Waals surface area (Å²) < 4.78 is 16.6. The first-order valence-electron chi connectivity index (χ1n) is 13.4. The van der Waals surface area contributed by atoms with Crippen molar-refractivity contribution >= 4 is 57.7 Å². The molecule has 4 heterocycles. The lowest BCUT2D eigenvalue weighted by Crippen LogP contribution is -2.54. The van der Waals surface area contributed by atoms with Gasteiger partial charge in [-0.2, -0.15) is 4.98 Å². The van der Waals surface area contributed by atoms with Gasteiger partial charge in [0.1, 0.15) is 11.6 Å². The second-order valence-corrected chi connectivity index (χ2v) is 11.9. The van der Waals surface area contributed by atoms with Crippen molar-refractivity contribution < 1.29 is 9.18 Å².